The highest BCUT2D eigenvalue weighted by molar-refractivity contribution is 6.01. The van der Waals surface area contributed by atoms with Gasteiger partial charge in [0.25, 0.3) is 0 Å². The maximum atomic E-state index is 12.2. The molecule has 4 nitrogen and oxygen atoms in total. The van der Waals surface area contributed by atoms with E-state index in [9.17, 15) is 4.79 Å². The lowest BCUT2D eigenvalue weighted by molar-refractivity contribution is 0.252. The van der Waals surface area contributed by atoms with Crippen molar-refractivity contribution in [1.29, 1.82) is 0 Å². The van der Waals surface area contributed by atoms with Gasteiger partial charge in [0, 0.05) is 31.7 Å². The van der Waals surface area contributed by atoms with Crippen LogP contribution in [0.15, 0.2) is 66.7 Å². The number of benzene rings is 3. The van der Waals surface area contributed by atoms with Crippen molar-refractivity contribution < 1.29 is 4.79 Å². The number of rotatable bonds is 6. The predicted octanol–water partition coefficient (Wildman–Crippen LogP) is 4.66. The molecule has 0 aliphatic rings. The molecular formula is C22H25N3O. The van der Waals surface area contributed by atoms with E-state index in [4.69, 9.17) is 0 Å². The fraction of sp³-hybridized carbons (Fsp3) is 0.227. The highest BCUT2D eigenvalue weighted by Gasteiger charge is 2.05. The van der Waals surface area contributed by atoms with Crippen LogP contribution in [0.5, 0.6) is 0 Å². The second kappa shape index (κ2) is 8.39. The third-order valence-electron chi connectivity index (χ3n) is 4.42. The third kappa shape index (κ3) is 4.54. The average Bonchev–Trinajstić information content (AvgIpc) is 2.66. The Morgan fingerprint density at radius 2 is 1.65 bits per heavy atom. The Balaban J connectivity index is 1.47. The molecule has 4 heteroatoms. The minimum atomic E-state index is -0.163. The molecule has 3 aromatic carbocycles. The van der Waals surface area contributed by atoms with E-state index in [-0.39, 0.29) is 6.03 Å². The van der Waals surface area contributed by atoms with E-state index in [1.165, 1.54) is 11.3 Å². The molecule has 0 heterocycles. The van der Waals surface area contributed by atoms with Gasteiger partial charge in [-0.2, -0.15) is 0 Å². The topological polar surface area (TPSA) is 44.4 Å². The summed E-state index contributed by atoms with van der Waals surface area (Å²) in [5.41, 5.74) is 3.31. The van der Waals surface area contributed by atoms with Gasteiger partial charge < -0.3 is 15.5 Å². The summed E-state index contributed by atoms with van der Waals surface area (Å²) in [5.74, 6) is 0. The first-order valence-electron chi connectivity index (χ1n) is 8.92. The summed E-state index contributed by atoms with van der Waals surface area (Å²) in [6, 6.07) is 22.3. The van der Waals surface area contributed by atoms with Crippen LogP contribution in [-0.2, 0) is 6.42 Å². The average molecular weight is 347 g/mol. The Morgan fingerprint density at radius 1 is 0.923 bits per heavy atom. The number of hydrogen-bond donors (Lipinski definition) is 2. The fourth-order valence-electron chi connectivity index (χ4n) is 2.96. The van der Waals surface area contributed by atoms with Crippen LogP contribution in [0.3, 0.4) is 0 Å². The number of nitrogens with zero attached hydrogens (tertiary/aromatic N) is 1. The molecule has 26 heavy (non-hydrogen) atoms. The maximum absolute atomic E-state index is 12.2. The number of carbonyl (C=O) groups is 1. The number of hydrogen-bond acceptors (Lipinski definition) is 2. The van der Waals surface area contributed by atoms with E-state index in [1.807, 2.05) is 56.6 Å². The molecule has 0 unspecified atom stereocenters. The van der Waals surface area contributed by atoms with Crippen LogP contribution in [0.25, 0.3) is 10.8 Å². The lowest BCUT2D eigenvalue weighted by atomic mass is 10.1. The zero-order valence-electron chi connectivity index (χ0n) is 15.3. The first kappa shape index (κ1) is 17.8. The molecule has 3 aromatic rings. The Bertz CT molecular complexity index is 867. The van der Waals surface area contributed by atoms with Crippen LogP contribution < -0.4 is 15.5 Å². The quantitative estimate of drug-likeness (QED) is 0.637. The van der Waals surface area contributed by atoms with Gasteiger partial charge in [-0.25, -0.2) is 4.79 Å². The van der Waals surface area contributed by atoms with Crippen LogP contribution in [0, 0.1) is 0 Å². The molecule has 0 spiro atoms. The smallest absolute Gasteiger partial charge is 0.319 e. The van der Waals surface area contributed by atoms with Crippen molar-refractivity contribution in [2.24, 2.45) is 0 Å². The lowest BCUT2D eigenvalue weighted by Crippen LogP contribution is -2.29. The summed E-state index contributed by atoms with van der Waals surface area (Å²) in [5, 5.41) is 8.05. The van der Waals surface area contributed by atoms with Crippen molar-refractivity contribution in [3.63, 3.8) is 0 Å². The Labute approximate surface area is 154 Å². The number of amides is 2. The van der Waals surface area contributed by atoms with E-state index in [2.05, 4.69) is 39.8 Å². The molecule has 2 N–H and O–H groups in total. The molecule has 0 aliphatic heterocycles. The van der Waals surface area contributed by atoms with Crippen LogP contribution >= 0.6 is 0 Å². The first-order valence-corrected chi connectivity index (χ1v) is 8.92. The molecule has 0 atom stereocenters. The second-order valence-electron chi connectivity index (χ2n) is 6.57. The zero-order valence-corrected chi connectivity index (χ0v) is 15.3. The molecule has 0 fully saturated rings. The molecule has 0 bridgehead atoms. The first-order chi connectivity index (χ1) is 12.6. The van der Waals surface area contributed by atoms with Crippen molar-refractivity contribution >= 4 is 28.2 Å². The fourth-order valence-corrected chi connectivity index (χ4v) is 2.96. The van der Waals surface area contributed by atoms with Gasteiger partial charge in [0.1, 0.15) is 0 Å². The summed E-state index contributed by atoms with van der Waals surface area (Å²) < 4.78 is 0. The molecule has 134 valence electrons. The van der Waals surface area contributed by atoms with Gasteiger partial charge in [-0.05, 0) is 42.0 Å². The van der Waals surface area contributed by atoms with Crippen molar-refractivity contribution in [2.75, 3.05) is 30.9 Å². The van der Waals surface area contributed by atoms with E-state index >= 15 is 0 Å². The molecule has 2 amide bonds. The van der Waals surface area contributed by atoms with E-state index in [0.29, 0.717) is 6.54 Å². The lowest BCUT2D eigenvalue weighted by Gasteiger charge is -2.13. The number of aryl methyl sites for hydroxylation is 1. The van der Waals surface area contributed by atoms with Gasteiger partial charge in [0.2, 0.25) is 0 Å². The summed E-state index contributed by atoms with van der Waals surface area (Å²) in [7, 11) is 4.07. The summed E-state index contributed by atoms with van der Waals surface area (Å²) in [6.07, 6.45) is 1.85. The number of urea groups is 1. The SMILES string of the molecule is CN(C)c1ccc(CCCNC(=O)Nc2cccc3ccccc23)cc1. The standard InChI is InChI=1S/C22H25N3O/c1-25(2)19-14-12-17(13-15-19)7-6-16-23-22(26)24-21-11-5-9-18-8-3-4-10-20(18)21/h3-5,8-15H,6-7,16H2,1-2H3,(H2,23,24,26). The molecular weight excluding hydrogens is 322 g/mol. The highest BCUT2D eigenvalue weighted by atomic mass is 16.2. The highest BCUT2D eigenvalue weighted by Crippen LogP contribution is 2.22. The molecule has 0 saturated heterocycles. The zero-order chi connectivity index (χ0) is 18.4. The molecule has 3 rings (SSSR count). The van der Waals surface area contributed by atoms with Gasteiger partial charge in [0.05, 0.1) is 5.69 Å². The molecule has 0 saturated carbocycles. The monoisotopic (exact) mass is 347 g/mol. The van der Waals surface area contributed by atoms with Crippen molar-refractivity contribution in [1.82, 2.24) is 5.32 Å². The van der Waals surface area contributed by atoms with E-state index in [1.54, 1.807) is 0 Å². The van der Waals surface area contributed by atoms with E-state index in [0.717, 1.165) is 29.3 Å². The van der Waals surface area contributed by atoms with Crippen molar-refractivity contribution in [2.45, 2.75) is 12.8 Å². The molecule has 0 aliphatic carbocycles. The summed E-state index contributed by atoms with van der Waals surface area (Å²) in [4.78, 5) is 14.2. The van der Waals surface area contributed by atoms with Crippen LogP contribution in [0.1, 0.15) is 12.0 Å². The molecule has 0 aromatic heterocycles. The van der Waals surface area contributed by atoms with Crippen molar-refractivity contribution in [3.8, 4) is 0 Å². The van der Waals surface area contributed by atoms with Crippen LogP contribution in [0.4, 0.5) is 16.2 Å². The third-order valence-corrected chi connectivity index (χ3v) is 4.42. The Kier molecular flexibility index (Phi) is 5.74. The Morgan fingerprint density at radius 3 is 2.42 bits per heavy atom. The predicted molar refractivity (Wildman–Crippen MR) is 110 cm³/mol. The minimum absolute atomic E-state index is 0.163. The van der Waals surface area contributed by atoms with Gasteiger partial charge in [-0.3, -0.25) is 0 Å². The van der Waals surface area contributed by atoms with Gasteiger partial charge in [0.15, 0.2) is 0 Å². The second-order valence-corrected chi connectivity index (χ2v) is 6.57. The largest absolute Gasteiger partial charge is 0.378 e. The minimum Gasteiger partial charge on any atom is -0.378 e. The normalized spacial score (nSPS) is 10.5. The van der Waals surface area contributed by atoms with Crippen LogP contribution in [0.2, 0.25) is 0 Å². The van der Waals surface area contributed by atoms with Crippen molar-refractivity contribution in [3.05, 3.63) is 72.3 Å². The summed E-state index contributed by atoms with van der Waals surface area (Å²) >= 11 is 0. The molecule has 0 radical (unpaired) electrons. The van der Waals surface area contributed by atoms with Gasteiger partial charge in [-0.1, -0.05) is 48.5 Å². The number of nitrogens with one attached hydrogen (secondary N) is 2. The van der Waals surface area contributed by atoms with Gasteiger partial charge in [-0.15, -0.1) is 0 Å². The number of anilines is 2. The maximum Gasteiger partial charge on any atom is 0.319 e. The Hall–Kier alpha value is -3.01. The van der Waals surface area contributed by atoms with Crippen LogP contribution in [-0.4, -0.2) is 26.7 Å². The number of carbonyl (C=O) groups excluding carboxylic acids is 1. The van der Waals surface area contributed by atoms with Gasteiger partial charge >= 0.3 is 6.03 Å². The number of fused-ring (bicyclic) bond motifs is 1. The summed E-state index contributed by atoms with van der Waals surface area (Å²) in [6.45, 7) is 0.645. The van der Waals surface area contributed by atoms with E-state index < -0.39 is 0 Å².